The predicted octanol–water partition coefficient (Wildman–Crippen LogP) is 1.74. The van der Waals surface area contributed by atoms with Gasteiger partial charge in [-0.1, -0.05) is 18.2 Å². The lowest BCUT2D eigenvalue weighted by atomic mass is 10.2. The van der Waals surface area contributed by atoms with Crippen molar-refractivity contribution in [2.75, 3.05) is 5.75 Å². The van der Waals surface area contributed by atoms with Crippen LogP contribution in [0, 0.1) is 11.3 Å². The maximum atomic E-state index is 12.4. The molecule has 3 rings (SSSR count). The van der Waals surface area contributed by atoms with E-state index in [9.17, 15) is 13.2 Å². The van der Waals surface area contributed by atoms with Crippen LogP contribution in [-0.2, 0) is 16.4 Å². The van der Waals surface area contributed by atoms with E-state index in [0.29, 0.717) is 16.3 Å². The van der Waals surface area contributed by atoms with Crippen LogP contribution in [0.5, 0.6) is 0 Å². The van der Waals surface area contributed by atoms with Gasteiger partial charge in [-0.05, 0) is 30.3 Å². The molecule has 0 fully saturated rings. The van der Waals surface area contributed by atoms with Gasteiger partial charge in [0.15, 0.2) is 9.84 Å². The zero-order chi connectivity index (χ0) is 17.2. The molecule has 0 amide bonds. The van der Waals surface area contributed by atoms with E-state index >= 15 is 0 Å². The summed E-state index contributed by atoms with van der Waals surface area (Å²) in [7, 11) is -3.56. The van der Waals surface area contributed by atoms with E-state index in [4.69, 9.17) is 5.26 Å². The first-order valence-electron chi connectivity index (χ1n) is 7.19. The van der Waals surface area contributed by atoms with Gasteiger partial charge in [0.2, 0.25) is 0 Å². The molecule has 1 aromatic heterocycles. The summed E-state index contributed by atoms with van der Waals surface area (Å²) in [5, 5.41) is 14.0. The molecular weight excluding hydrogens is 326 g/mol. The summed E-state index contributed by atoms with van der Waals surface area (Å²) in [4.78, 5) is 12.5. The molecule has 7 heteroatoms. The van der Waals surface area contributed by atoms with Crippen LogP contribution < -0.4 is 5.56 Å². The third-order valence-electron chi connectivity index (χ3n) is 3.68. The standard InChI is InChI=1S/C17H13N3O3S/c18-11-13-5-7-15(8-6-13)24(22,23)10-9-20-17(21)16-4-2-1-3-14(16)12-19-20/h1-8,12H,9-10H2. The first-order valence-corrected chi connectivity index (χ1v) is 8.84. The van der Waals surface area contributed by atoms with Gasteiger partial charge in [-0.2, -0.15) is 10.4 Å². The maximum Gasteiger partial charge on any atom is 0.274 e. The molecule has 6 nitrogen and oxygen atoms in total. The zero-order valence-electron chi connectivity index (χ0n) is 12.6. The van der Waals surface area contributed by atoms with Crippen molar-refractivity contribution in [3.8, 4) is 6.07 Å². The van der Waals surface area contributed by atoms with Gasteiger partial charge < -0.3 is 0 Å². The summed E-state index contributed by atoms with van der Waals surface area (Å²) < 4.78 is 25.9. The van der Waals surface area contributed by atoms with Crippen LogP contribution in [0.25, 0.3) is 10.8 Å². The molecule has 0 aliphatic rings. The highest BCUT2D eigenvalue weighted by molar-refractivity contribution is 7.91. The summed E-state index contributed by atoms with van der Waals surface area (Å²) in [6, 6.07) is 14.7. The van der Waals surface area contributed by atoms with Gasteiger partial charge in [-0.25, -0.2) is 13.1 Å². The van der Waals surface area contributed by atoms with Crippen molar-refractivity contribution in [3.63, 3.8) is 0 Å². The molecule has 0 aliphatic carbocycles. The van der Waals surface area contributed by atoms with Gasteiger partial charge in [0.05, 0.1) is 40.4 Å². The Morgan fingerprint density at radius 1 is 1.08 bits per heavy atom. The molecule has 0 radical (unpaired) electrons. The molecule has 0 aliphatic heterocycles. The van der Waals surface area contributed by atoms with Crippen molar-refractivity contribution in [3.05, 3.63) is 70.6 Å². The quantitative estimate of drug-likeness (QED) is 0.722. The Bertz CT molecular complexity index is 1090. The Balaban J connectivity index is 1.86. The fraction of sp³-hybridized carbons (Fsp3) is 0.118. The largest absolute Gasteiger partial charge is 0.274 e. The molecule has 0 saturated carbocycles. The lowest BCUT2D eigenvalue weighted by molar-refractivity contribution is 0.573. The van der Waals surface area contributed by atoms with E-state index in [1.165, 1.54) is 24.3 Å². The number of fused-ring (bicyclic) bond motifs is 1. The SMILES string of the molecule is N#Cc1ccc(S(=O)(=O)CCn2ncc3ccccc3c2=O)cc1. The normalized spacial score (nSPS) is 11.3. The molecule has 0 saturated heterocycles. The van der Waals surface area contributed by atoms with Crippen LogP contribution in [0.15, 0.2) is 64.4 Å². The molecule has 0 N–H and O–H groups in total. The summed E-state index contributed by atoms with van der Waals surface area (Å²) in [5.41, 5.74) is 0.0736. The predicted molar refractivity (Wildman–Crippen MR) is 89.2 cm³/mol. The second-order valence-corrected chi connectivity index (χ2v) is 7.32. The minimum atomic E-state index is -3.56. The zero-order valence-corrected chi connectivity index (χ0v) is 13.4. The van der Waals surface area contributed by atoms with Crippen LogP contribution in [0.4, 0.5) is 0 Å². The minimum Gasteiger partial charge on any atom is -0.267 e. The van der Waals surface area contributed by atoms with Crippen molar-refractivity contribution in [1.82, 2.24) is 9.78 Å². The van der Waals surface area contributed by atoms with Gasteiger partial charge in [-0.15, -0.1) is 0 Å². The first-order chi connectivity index (χ1) is 11.5. The van der Waals surface area contributed by atoms with Crippen molar-refractivity contribution in [2.45, 2.75) is 11.4 Å². The average Bonchev–Trinajstić information content (AvgIpc) is 2.61. The number of nitriles is 1. The van der Waals surface area contributed by atoms with Crippen LogP contribution >= 0.6 is 0 Å². The minimum absolute atomic E-state index is 0.0357. The van der Waals surface area contributed by atoms with Crippen molar-refractivity contribution < 1.29 is 8.42 Å². The third-order valence-corrected chi connectivity index (χ3v) is 5.39. The second-order valence-electron chi connectivity index (χ2n) is 5.22. The first kappa shape index (κ1) is 15.9. The highest BCUT2D eigenvalue weighted by Gasteiger charge is 2.15. The molecule has 1 heterocycles. The topological polar surface area (TPSA) is 92.8 Å². The number of hydrogen-bond acceptors (Lipinski definition) is 5. The van der Waals surface area contributed by atoms with Gasteiger partial charge in [0.1, 0.15) is 0 Å². The fourth-order valence-electron chi connectivity index (χ4n) is 2.35. The Morgan fingerprint density at radius 2 is 1.79 bits per heavy atom. The molecule has 0 spiro atoms. The summed E-state index contributed by atoms with van der Waals surface area (Å²) in [6.45, 7) is -0.0357. The van der Waals surface area contributed by atoms with Gasteiger partial charge in [0.25, 0.3) is 5.56 Å². The molecule has 3 aromatic rings. The summed E-state index contributed by atoms with van der Waals surface area (Å²) >= 11 is 0. The summed E-state index contributed by atoms with van der Waals surface area (Å²) in [6.07, 6.45) is 1.55. The van der Waals surface area contributed by atoms with Gasteiger partial charge in [-0.3, -0.25) is 4.79 Å². The van der Waals surface area contributed by atoms with E-state index in [-0.39, 0.29) is 22.8 Å². The molecule has 0 bridgehead atoms. The van der Waals surface area contributed by atoms with E-state index in [2.05, 4.69) is 5.10 Å². The Labute approximate surface area is 138 Å². The maximum absolute atomic E-state index is 12.4. The highest BCUT2D eigenvalue weighted by atomic mass is 32.2. The fourth-order valence-corrected chi connectivity index (χ4v) is 3.55. The lowest BCUT2D eigenvalue weighted by Gasteiger charge is -2.07. The molecule has 2 aromatic carbocycles. The van der Waals surface area contributed by atoms with E-state index in [0.717, 1.165) is 4.68 Å². The van der Waals surface area contributed by atoms with Crippen molar-refractivity contribution >= 4 is 20.6 Å². The second kappa shape index (κ2) is 6.26. The number of sulfone groups is 1. The number of benzene rings is 2. The number of aryl methyl sites for hydroxylation is 1. The lowest BCUT2D eigenvalue weighted by Crippen LogP contribution is -2.26. The number of nitrogens with zero attached hydrogens (tertiary/aromatic N) is 3. The number of hydrogen-bond donors (Lipinski definition) is 0. The van der Waals surface area contributed by atoms with Gasteiger partial charge >= 0.3 is 0 Å². The van der Waals surface area contributed by atoms with Crippen LogP contribution in [0.3, 0.4) is 0 Å². The Hall–Kier alpha value is -2.98. The Morgan fingerprint density at radius 3 is 2.50 bits per heavy atom. The summed E-state index contributed by atoms with van der Waals surface area (Å²) in [5.74, 6) is -0.246. The molecule has 24 heavy (non-hydrogen) atoms. The third kappa shape index (κ3) is 3.05. The highest BCUT2D eigenvalue weighted by Crippen LogP contribution is 2.13. The molecule has 0 atom stereocenters. The van der Waals surface area contributed by atoms with E-state index in [1.807, 2.05) is 12.1 Å². The van der Waals surface area contributed by atoms with Crippen molar-refractivity contribution in [2.24, 2.45) is 0 Å². The van der Waals surface area contributed by atoms with E-state index < -0.39 is 9.84 Å². The van der Waals surface area contributed by atoms with Crippen LogP contribution in [0.1, 0.15) is 5.56 Å². The number of rotatable bonds is 4. The van der Waals surface area contributed by atoms with Gasteiger partial charge in [0, 0.05) is 5.39 Å². The molecule has 0 unspecified atom stereocenters. The molecular formula is C17H13N3O3S. The van der Waals surface area contributed by atoms with Crippen LogP contribution in [0.2, 0.25) is 0 Å². The average molecular weight is 339 g/mol. The molecule has 120 valence electrons. The Kier molecular flexibility index (Phi) is 4.15. The monoisotopic (exact) mass is 339 g/mol. The van der Waals surface area contributed by atoms with Crippen LogP contribution in [-0.4, -0.2) is 24.0 Å². The number of aromatic nitrogens is 2. The van der Waals surface area contributed by atoms with Crippen molar-refractivity contribution in [1.29, 1.82) is 5.26 Å². The van der Waals surface area contributed by atoms with E-state index in [1.54, 1.807) is 24.4 Å². The smallest absolute Gasteiger partial charge is 0.267 e.